The van der Waals surface area contributed by atoms with Crippen LogP contribution in [0.3, 0.4) is 0 Å². The molecule has 1 nitrogen and oxygen atoms in total. The SMILES string of the molecule is CCCN1CCCCC1Cl. The average molecular weight is 162 g/mol. The molecule has 0 N–H and O–H groups in total. The van der Waals surface area contributed by atoms with E-state index in [2.05, 4.69) is 11.8 Å². The minimum Gasteiger partial charge on any atom is -0.287 e. The van der Waals surface area contributed by atoms with Gasteiger partial charge in [-0.15, -0.1) is 11.6 Å². The van der Waals surface area contributed by atoms with Gasteiger partial charge in [-0.3, -0.25) is 4.90 Å². The van der Waals surface area contributed by atoms with Crippen molar-refractivity contribution in [2.75, 3.05) is 13.1 Å². The molecular weight excluding hydrogens is 146 g/mol. The molecule has 1 unspecified atom stereocenters. The first-order valence-electron chi connectivity index (χ1n) is 4.22. The number of piperidine rings is 1. The Morgan fingerprint density at radius 3 is 2.90 bits per heavy atom. The molecule has 10 heavy (non-hydrogen) atoms. The Hall–Kier alpha value is 0.250. The van der Waals surface area contributed by atoms with Crippen LogP contribution in [0.25, 0.3) is 0 Å². The summed E-state index contributed by atoms with van der Waals surface area (Å²) in [6, 6.07) is 0. The van der Waals surface area contributed by atoms with Crippen molar-refractivity contribution in [1.29, 1.82) is 0 Å². The van der Waals surface area contributed by atoms with Gasteiger partial charge in [0, 0.05) is 0 Å². The highest BCUT2D eigenvalue weighted by Gasteiger charge is 2.18. The van der Waals surface area contributed by atoms with Crippen LogP contribution in [0.15, 0.2) is 0 Å². The molecule has 0 bridgehead atoms. The van der Waals surface area contributed by atoms with Crippen LogP contribution in [0.2, 0.25) is 0 Å². The van der Waals surface area contributed by atoms with Gasteiger partial charge in [0.05, 0.1) is 5.50 Å². The zero-order valence-corrected chi connectivity index (χ0v) is 7.40. The van der Waals surface area contributed by atoms with Crippen LogP contribution < -0.4 is 0 Å². The highest BCUT2D eigenvalue weighted by molar-refractivity contribution is 6.20. The monoisotopic (exact) mass is 161 g/mol. The number of alkyl halides is 1. The summed E-state index contributed by atoms with van der Waals surface area (Å²) in [7, 11) is 0. The van der Waals surface area contributed by atoms with Crippen molar-refractivity contribution in [3.8, 4) is 0 Å². The second-order valence-electron chi connectivity index (χ2n) is 2.97. The minimum absolute atomic E-state index is 0.327. The summed E-state index contributed by atoms with van der Waals surface area (Å²) >= 11 is 6.09. The third-order valence-electron chi connectivity index (χ3n) is 2.04. The van der Waals surface area contributed by atoms with Crippen LogP contribution in [0.5, 0.6) is 0 Å². The molecule has 2 heteroatoms. The van der Waals surface area contributed by atoms with Gasteiger partial charge in [-0.2, -0.15) is 0 Å². The predicted molar refractivity (Wildman–Crippen MR) is 45.4 cm³/mol. The van der Waals surface area contributed by atoms with Crippen LogP contribution in [0, 0.1) is 0 Å². The predicted octanol–water partition coefficient (Wildman–Crippen LogP) is 2.45. The summed E-state index contributed by atoms with van der Waals surface area (Å²) < 4.78 is 0. The maximum atomic E-state index is 6.09. The molecule has 0 aromatic carbocycles. The lowest BCUT2D eigenvalue weighted by molar-refractivity contribution is 0.202. The van der Waals surface area contributed by atoms with Crippen LogP contribution in [0.1, 0.15) is 32.6 Å². The Kier molecular flexibility index (Phi) is 3.50. The Balaban J connectivity index is 2.25. The van der Waals surface area contributed by atoms with Gasteiger partial charge >= 0.3 is 0 Å². The van der Waals surface area contributed by atoms with Crippen LogP contribution in [-0.2, 0) is 0 Å². The lowest BCUT2D eigenvalue weighted by Crippen LogP contribution is -2.36. The maximum absolute atomic E-state index is 6.09. The summed E-state index contributed by atoms with van der Waals surface area (Å²) in [4.78, 5) is 2.38. The fraction of sp³-hybridized carbons (Fsp3) is 1.00. The first kappa shape index (κ1) is 8.35. The summed E-state index contributed by atoms with van der Waals surface area (Å²) in [6.07, 6.45) is 5.06. The number of halogens is 1. The van der Waals surface area contributed by atoms with Crippen molar-refractivity contribution in [1.82, 2.24) is 4.90 Å². The van der Waals surface area contributed by atoms with E-state index < -0.39 is 0 Å². The third kappa shape index (κ3) is 2.14. The number of nitrogens with zero attached hydrogens (tertiary/aromatic N) is 1. The van der Waals surface area contributed by atoms with Crippen LogP contribution in [-0.4, -0.2) is 23.5 Å². The zero-order chi connectivity index (χ0) is 7.40. The Labute approximate surface area is 68.4 Å². The molecule has 1 heterocycles. The van der Waals surface area contributed by atoms with Crippen molar-refractivity contribution in [3.05, 3.63) is 0 Å². The van der Waals surface area contributed by atoms with Crippen molar-refractivity contribution in [2.24, 2.45) is 0 Å². The lowest BCUT2D eigenvalue weighted by Gasteiger charge is -2.30. The third-order valence-corrected chi connectivity index (χ3v) is 2.54. The second-order valence-corrected chi connectivity index (χ2v) is 3.47. The van der Waals surface area contributed by atoms with Gasteiger partial charge in [-0.05, 0) is 38.8 Å². The molecular formula is C8H16ClN. The summed E-state index contributed by atoms with van der Waals surface area (Å²) in [5.41, 5.74) is 0.327. The summed E-state index contributed by atoms with van der Waals surface area (Å²) in [5.74, 6) is 0. The molecule has 0 aromatic heterocycles. The zero-order valence-electron chi connectivity index (χ0n) is 6.65. The van der Waals surface area contributed by atoms with Gasteiger partial charge in [0.15, 0.2) is 0 Å². The molecule has 1 aliphatic heterocycles. The van der Waals surface area contributed by atoms with Gasteiger partial charge in [0.1, 0.15) is 0 Å². The first-order valence-corrected chi connectivity index (χ1v) is 4.66. The van der Waals surface area contributed by atoms with E-state index in [0.717, 1.165) is 0 Å². The van der Waals surface area contributed by atoms with E-state index in [-0.39, 0.29) is 0 Å². The minimum atomic E-state index is 0.327. The molecule has 1 atom stereocenters. The fourth-order valence-electron chi connectivity index (χ4n) is 1.49. The largest absolute Gasteiger partial charge is 0.287 e. The molecule has 0 saturated carbocycles. The Morgan fingerprint density at radius 2 is 2.30 bits per heavy atom. The van der Waals surface area contributed by atoms with Crippen molar-refractivity contribution in [2.45, 2.75) is 38.1 Å². The molecule has 0 spiro atoms. The highest BCUT2D eigenvalue weighted by Crippen LogP contribution is 2.19. The second kappa shape index (κ2) is 4.20. The van der Waals surface area contributed by atoms with Gasteiger partial charge in [0.25, 0.3) is 0 Å². The first-order chi connectivity index (χ1) is 4.84. The normalized spacial score (nSPS) is 28.8. The molecule has 60 valence electrons. The number of hydrogen-bond donors (Lipinski definition) is 0. The Morgan fingerprint density at radius 1 is 1.50 bits per heavy atom. The topological polar surface area (TPSA) is 3.24 Å². The highest BCUT2D eigenvalue weighted by atomic mass is 35.5. The van der Waals surface area contributed by atoms with E-state index in [1.54, 1.807) is 0 Å². The molecule has 1 aliphatic rings. The van der Waals surface area contributed by atoms with Crippen LogP contribution >= 0.6 is 11.6 Å². The average Bonchev–Trinajstić information content (AvgIpc) is 1.94. The van der Waals surface area contributed by atoms with Crippen LogP contribution in [0.4, 0.5) is 0 Å². The van der Waals surface area contributed by atoms with Gasteiger partial charge in [-0.1, -0.05) is 6.92 Å². The number of likely N-dealkylation sites (tertiary alicyclic amines) is 1. The van der Waals surface area contributed by atoms with Gasteiger partial charge < -0.3 is 0 Å². The van der Waals surface area contributed by atoms with E-state index in [9.17, 15) is 0 Å². The standard InChI is InChI=1S/C8H16ClN/c1-2-6-10-7-4-3-5-8(10)9/h8H,2-7H2,1H3. The van der Waals surface area contributed by atoms with Gasteiger partial charge in [-0.25, -0.2) is 0 Å². The van der Waals surface area contributed by atoms with E-state index >= 15 is 0 Å². The molecule has 0 radical (unpaired) electrons. The van der Waals surface area contributed by atoms with E-state index in [1.165, 1.54) is 38.8 Å². The maximum Gasteiger partial charge on any atom is 0.0850 e. The molecule has 1 saturated heterocycles. The molecule has 0 amide bonds. The molecule has 0 aliphatic carbocycles. The molecule has 0 aromatic rings. The van der Waals surface area contributed by atoms with Gasteiger partial charge in [0.2, 0.25) is 0 Å². The lowest BCUT2D eigenvalue weighted by atomic mass is 10.1. The quantitative estimate of drug-likeness (QED) is 0.444. The molecule has 1 fully saturated rings. The summed E-state index contributed by atoms with van der Waals surface area (Å²) in [5, 5.41) is 0. The van der Waals surface area contributed by atoms with E-state index in [4.69, 9.17) is 11.6 Å². The molecule has 1 rings (SSSR count). The van der Waals surface area contributed by atoms with E-state index in [1.807, 2.05) is 0 Å². The van der Waals surface area contributed by atoms with E-state index in [0.29, 0.717) is 5.50 Å². The van der Waals surface area contributed by atoms with Crippen molar-refractivity contribution in [3.63, 3.8) is 0 Å². The number of hydrogen-bond acceptors (Lipinski definition) is 1. The van der Waals surface area contributed by atoms with Crippen molar-refractivity contribution >= 4 is 11.6 Å². The fourth-order valence-corrected chi connectivity index (χ4v) is 1.84. The number of rotatable bonds is 2. The summed E-state index contributed by atoms with van der Waals surface area (Å²) in [6.45, 7) is 4.59. The van der Waals surface area contributed by atoms with Crippen molar-refractivity contribution < 1.29 is 0 Å². The Bertz CT molecular complexity index is 93.3. The smallest absolute Gasteiger partial charge is 0.0850 e.